The molecule has 0 aliphatic carbocycles. The fourth-order valence-corrected chi connectivity index (χ4v) is 3.12. The van der Waals surface area contributed by atoms with Crippen molar-refractivity contribution < 1.29 is 0 Å². The van der Waals surface area contributed by atoms with E-state index in [0.717, 1.165) is 19.5 Å². The first kappa shape index (κ1) is 13.1. The molecule has 2 aromatic carbocycles. The zero-order valence-electron chi connectivity index (χ0n) is 11.1. The molecule has 0 spiro atoms. The number of aryl methyl sites for hydroxylation is 1. The third-order valence-corrected chi connectivity index (χ3v) is 4.77. The van der Waals surface area contributed by atoms with Crippen LogP contribution in [0.4, 0.5) is 0 Å². The topological polar surface area (TPSA) is 12.0 Å². The lowest BCUT2D eigenvalue weighted by atomic mass is 9.71. The van der Waals surface area contributed by atoms with Crippen LogP contribution < -0.4 is 5.32 Å². The summed E-state index contributed by atoms with van der Waals surface area (Å²) in [5, 5.41) is 3.45. The van der Waals surface area contributed by atoms with Crippen molar-refractivity contribution in [3.8, 4) is 0 Å². The van der Waals surface area contributed by atoms with Gasteiger partial charge in [-0.25, -0.2) is 0 Å². The van der Waals surface area contributed by atoms with E-state index in [-0.39, 0.29) is 0 Å². The standard InChI is InChI=1S/C17H18IN/c1-13-2-6-15(7-3-13)17(11-19-12-17)10-14-4-8-16(18)9-5-14/h2-9,19H,10-12H2,1H3. The summed E-state index contributed by atoms with van der Waals surface area (Å²) in [4.78, 5) is 0. The van der Waals surface area contributed by atoms with E-state index in [2.05, 4.69) is 83.4 Å². The summed E-state index contributed by atoms with van der Waals surface area (Å²) >= 11 is 2.36. The third kappa shape index (κ3) is 2.70. The summed E-state index contributed by atoms with van der Waals surface area (Å²) in [6.45, 7) is 4.32. The second kappa shape index (κ2) is 5.25. The van der Waals surface area contributed by atoms with Gasteiger partial charge in [0.1, 0.15) is 0 Å². The quantitative estimate of drug-likeness (QED) is 0.821. The van der Waals surface area contributed by atoms with Gasteiger partial charge in [-0.15, -0.1) is 0 Å². The average Bonchev–Trinajstić information content (AvgIpc) is 2.37. The first-order valence-corrected chi connectivity index (χ1v) is 7.78. The van der Waals surface area contributed by atoms with Gasteiger partial charge in [-0.05, 0) is 59.2 Å². The molecule has 1 saturated heterocycles. The summed E-state index contributed by atoms with van der Waals surface area (Å²) in [7, 11) is 0. The van der Waals surface area contributed by atoms with Crippen molar-refractivity contribution in [1.82, 2.24) is 5.32 Å². The highest BCUT2D eigenvalue weighted by Gasteiger charge is 2.38. The molecule has 0 unspecified atom stereocenters. The molecule has 1 heterocycles. The van der Waals surface area contributed by atoms with Gasteiger partial charge < -0.3 is 5.32 Å². The van der Waals surface area contributed by atoms with E-state index in [4.69, 9.17) is 0 Å². The van der Waals surface area contributed by atoms with Crippen LogP contribution in [-0.2, 0) is 11.8 Å². The van der Waals surface area contributed by atoms with Crippen molar-refractivity contribution in [2.24, 2.45) is 0 Å². The molecular formula is C17H18IN. The SMILES string of the molecule is Cc1ccc(C2(Cc3ccc(I)cc3)CNC2)cc1. The fraction of sp³-hybridized carbons (Fsp3) is 0.294. The summed E-state index contributed by atoms with van der Waals surface area (Å²) in [6.07, 6.45) is 1.12. The van der Waals surface area contributed by atoms with E-state index in [1.54, 1.807) is 0 Å². The first-order chi connectivity index (χ1) is 9.18. The monoisotopic (exact) mass is 363 g/mol. The molecule has 0 amide bonds. The lowest BCUT2D eigenvalue weighted by Crippen LogP contribution is -2.58. The number of benzene rings is 2. The number of hydrogen-bond donors (Lipinski definition) is 1. The molecule has 0 radical (unpaired) electrons. The summed E-state index contributed by atoms with van der Waals surface area (Å²) in [5.41, 5.74) is 4.53. The molecule has 3 rings (SSSR count). The number of hydrogen-bond acceptors (Lipinski definition) is 1. The number of nitrogens with one attached hydrogen (secondary N) is 1. The summed E-state index contributed by atoms with van der Waals surface area (Å²) in [6, 6.07) is 18.0. The van der Waals surface area contributed by atoms with Crippen molar-refractivity contribution >= 4 is 22.6 Å². The zero-order valence-corrected chi connectivity index (χ0v) is 13.3. The Morgan fingerprint density at radius 3 is 2.16 bits per heavy atom. The molecule has 1 aliphatic rings. The maximum atomic E-state index is 3.45. The van der Waals surface area contributed by atoms with Crippen molar-refractivity contribution in [2.45, 2.75) is 18.8 Å². The van der Waals surface area contributed by atoms with Gasteiger partial charge in [-0.1, -0.05) is 42.0 Å². The van der Waals surface area contributed by atoms with Gasteiger partial charge in [0.15, 0.2) is 0 Å². The molecule has 98 valence electrons. The highest BCUT2D eigenvalue weighted by Crippen LogP contribution is 2.32. The molecule has 1 fully saturated rings. The Labute approximate surface area is 128 Å². The molecule has 19 heavy (non-hydrogen) atoms. The van der Waals surface area contributed by atoms with Gasteiger partial charge in [0.05, 0.1) is 0 Å². The predicted molar refractivity (Wildman–Crippen MR) is 88.6 cm³/mol. The molecular weight excluding hydrogens is 345 g/mol. The van der Waals surface area contributed by atoms with E-state index in [1.165, 1.54) is 20.3 Å². The Morgan fingerprint density at radius 2 is 1.63 bits per heavy atom. The van der Waals surface area contributed by atoms with Gasteiger partial charge >= 0.3 is 0 Å². The fourth-order valence-electron chi connectivity index (χ4n) is 2.76. The molecule has 0 atom stereocenters. The normalized spacial score (nSPS) is 16.9. The van der Waals surface area contributed by atoms with Gasteiger partial charge in [0.2, 0.25) is 0 Å². The van der Waals surface area contributed by atoms with Gasteiger partial charge in [-0.3, -0.25) is 0 Å². The van der Waals surface area contributed by atoms with Crippen molar-refractivity contribution in [2.75, 3.05) is 13.1 Å². The number of rotatable bonds is 3. The van der Waals surface area contributed by atoms with E-state index < -0.39 is 0 Å². The molecule has 1 nitrogen and oxygen atoms in total. The van der Waals surface area contributed by atoms with E-state index in [9.17, 15) is 0 Å². The number of halogens is 1. The zero-order chi connectivity index (χ0) is 13.3. The van der Waals surface area contributed by atoms with E-state index in [1.807, 2.05) is 0 Å². The van der Waals surface area contributed by atoms with Crippen LogP contribution in [0.25, 0.3) is 0 Å². The maximum Gasteiger partial charge on any atom is 0.0242 e. The van der Waals surface area contributed by atoms with E-state index in [0.29, 0.717) is 5.41 Å². The molecule has 0 bridgehead atoms. The third-order valence-electron chi connectivity index (χ3n) is 4.05. The minimum atomic E-state index is 0.292. The minimum absolute atomic E-state index is 0.292. The van der Waals surface area contributed by atoms with Crippen molar-refractivity contribution in [3.05, 3.63) is 68.8 Å². The largest absolute Gasteiger partial charge is 0.315 e. The average molecular weight is 363 g/mol. The van der Waals surface area contributed by atoms with Crippen molar-refractivity contribution in [3.63, 3.8) is 0 Å². The highest BCUT2D eigenvalue weighted by atomic mass is 127. The Morgan fingerprint density at radius 1 is 1.00 bits per heavy atom. The Hall–Kier alpha value is -0.870. The summed E-state index contributed by atoms with van der Waals surface area (Å²) < 4.78 is 1.30. The van der Waals surface area contributed by atoms with Crippen LogP contribution in [-0.4, -0.2) is 13.1 Å². The lowest BCUT2D eigenvalue weighted by Gasteiger charge is -2.43. The molecule has 1 aliphatic heterocycles. The summed E-state index contributed by atoms with van der Waals surface area (Å²) in [5.74, 6) is 0. The van der Waals surface area contributed by atoms with Crippen LogP contribution in [0.1, 0.15) is 16.7 Å². The lowest BCUT2D eigenvalue weighted by molar-refractivity contribution is 0.274. The Bertz CT molecular complexity index is 553. The predicted octanol–water partition coefficient (Wildman–Crippen LogP) is 3.68. The molecule has 2 heteroatoms. The van der Waals surface area contributed by atoms with Crippen molar-refractivity contribution in [1.29, 1.82) is 0 Å². The minimum Gasteiger partial charge on any atom is -0.315 e. The second-order valence-electron chi connectivity index (χ2n) is 5.55. The van der Waals surface area contributed by atoms with Crippen LogP contribution in [0.15, 0.2) is 48.5 Å². The first-order valence-electron chi connectivity index (χ1n) is 6.70. The van der Waals surface area contributed by atoms with Crippen LogP contribution in [0.5, 0.6) is 0 Å². The molecule has 0 saturated carbocycles. The highest BCUT2D eigenvalue weighted by molar-refractivity contribution is 14.1. The van der Waals surface area contributed by atoms with Crippen LogP contribution in [0, 0.1) is 10.5 Å². The second-order valence-corrected chi connectivity index (χ2v) is 6.80. The Balaban J connectivity index is 1.87. The van der Waals surface area contributed by atoms with Gasteiger partial charge in [-0.2, -0.15) is 0 Å². The molecule has 0 aromatic heterocycles. The Kier molecular flexibility index (Phi) is 3.63. The van der Waals surface area contributed by atoms with Crippen LogP contribution in [0.2, 0.25) is 0 Å². The molecule has 2 aromatic rings. The smallest absolute Gasteiger partial charge is 0.0242 e. The van der Waals surface area contributed by atoms with Gasteiger partial charge in [0, 0.05) is 22.1 Å². The van der Waals surface area contributed by atoms with Gasteiger partial charge in [0.25, 0.3) is 0 Å². The van der Waals surface area contributed by atoms with Crippen LogP contribution >= 0.6 is 22.6 Å². The maximum absolute atomic E-state index is 3.45. The van der Waals surface area contributed by atoms with Crippen LogP contribution in [0.3, 0.4) is 0 Å². The van der Waals surface area contributed by atoms with E-state index >= 15 is 0 Å². The molecule has 1 N–H and O–H groups in total.